The summed E-state index contributed by atoms with van der Waals surface area (Å²) < 4.78 is 0. The lowest BCUT2D eigenvalue weighted by Gasteiger charge is -2.18. The largest absolute Gasteiger partial charge is 0.480 e. The fraction of sp³-hybridized carbons (Fsp3) is 0.333. The summed E-state index contributed by atoms with van der Waals surface area (Å²) in [6.45, 7) is 0.250. The molecule has 106 valence electrons. The monoisotopic (exact) mass is 293 g/mol. The van der Waals surface area contributed by atoms with E-state index < -0.39 is 5.97 Å². The zero-order valence-electron chi connectivity index (χ0n) is 11.0. The Morgan fingerprint density at radius 2 is 2.05 bits per heavy atom. The molecule has 1 aliphatic carbocycles. The fourth-order valence-electron chi connectivity index (χ4n) is 1.88. The van der Waals surface area contributed by atoms with Gasteiger partial charge in [0, 0.05) is 17.6 Å². The highest BCUT2D eigenvalue weighted by Crippen LogP contribution is 2.29. The highest BCUT2D eigenvalue weighted by molar-refractivity contribution is 6.32. The molecule has 1 aromatic rings. The third-order valence-electron chi connectivity index (χ3n) is 3.12. The van der Waals surface area contributed by atoms with Gasteiger partial charge in [0.2, 0.25) is 5.91 Å². The summed E-state index contributed by atoms with van der Waals surface area (Å²) in [5, 5.41) is 9.42. The van der Waals surface area contributed by atoms with Crippen LogP contribution >= 0.6 is 11.6 Å². The van der Waals surface area contributed by atoms with E-state index in [-0.39, 0.29) is 12.5 Å². The molecule has 1 fully saturated rings. The summed E-state index contributed by atoms with van der Waals surface area (Å²) in [6.07, 6.45) is 5.13. The summed E-state index contributed by atoms with van der Waals surface area (Å²) in [5.41, 5.74) is 0.740. The van der Waals surface area contributed by atoms with Crippen LogP contribution < -0.4 is 0 Å². The standard InChI is InChI=1S/C15H16ClNO3/c16-13-4-2-1-3-12(13)7-8-14(18)17(10-15(19)20)9-11-5-6-11/h1-4,7-8,11H,5-6,9-10H2,(H,19,20)/b8-7+. The first-order chi connectivity index (χ1) is 9.56. The SMILES string of the molecule is O=C(O)CN(CC1CC1)C(=O)/C=C/c1ccccc1Cl. The Hall–Kier alpha value is -1.81. The van der Waals surface area contributed by atoms with Crippen molar-refractivity contribution in [2.24, 2.45) is 5.92 Å². The predicted octanol–water partition coefficient (Wildman–Crippen LogP) is 2.68. The molecule has 0 spiro atoms. The fourth-order valence-corrected chi connectivity index (χ4v) is 2.08. The van der Waals surface area contributed by atoms with E-state index in [2.05, 4.69) is 0 Å². The van der Waals surface area contributed by atoms with Crippen molar-refractivity contribution < 1.29 is 14.7 Å². The van der Waals surface area contributed by atoms with E-state index in [1.807, 2.05) is 12.1 Å². The van der Waals surface area contributed by atoms with E-state index in [1.165, 1.54) is 11.0 Å². The van der Waals surface area contributed by atoms with Gasteiger partial charge in [-0.25, -0.2) is 0 Å². The third kappa shape index (κ3) is 4.38. The first-order valence-corrected chi connectivity index (χ1v) is 6.87. The number of carboxylic acids is 1. The van der Waals surface area contributed by atoms with E-state index in [4.69, 9.17) is 16.7 Å². The predicted molar refractivity (Wildman–Crippen MR) is 77.4 cm³/mol. The van der Waals surface area contributed by atoms with Gasteiger partial charge in [0.1, 0.15) is 6.54 Å². The van der Waals surface area contributed by atoms with Gasteiger partial charge in [-0.15, -0.1) is 0 Å². The molecule has 1 aliphatic rings. The zero-order chi connectivity index (χ0) is 14.5. The van der Waals surface area contributed by atoms with Gasteiger partial charge in [-0.3, -0.25) is 9.59 Å². The van der Waals surface area contributed by atoms with E-state index in [1.54, 1.807) is 18.2 Å². The van der Waals surface area contributed by atoms with Crippen molar-refractivity contribution in [3.8, 4) is 0 Å². The molecule has 0 aromatic heterocycles. The third-order valence-corrected chi connectivity index (χ3v) is 3.47. The lowest BCUT2D eigenvalue weighted by Crippen LogP contribution is -2.36. The van der Waals surface area contributed by atoms with Gasteiger partial charge in [0.25, 0.3) is 0 Å². The minimum atomic E-state index is -0.995. The number of benzene rings is 1. The maximum Gasteiger partial charge on any atom is 0.323 e. The second kappa shape index (κ2) is 6.57. The van der Waals surface area contributed by atoms with Crippen LogP contribution in [0.4, 0.5) is 0 Å². The van der Waals surface area contributed by atoms with Gasteiger partial charge in [-0.1, -0.05) is 29.8 Å². The Labute approximate surface area is 122 Å². The number of carboxylic acid groups (broad SMARTS) is 1. The van der Waals surface area contributed by atoms with Crippen molar-refractivity contribution in [3.63, 3.8) is 0 Å². The van der Waals surface area contributed by atoms with Crippen molar-refractivity contribution in [3.05, 3.63) is 40.9 Å². The van der Waals surface area contributed by atoms with E-state index in [9.17, 15) is 9.59 Å². The molecule has 4 nitrogen and oxygen atoms in total. The van der Waals surface area contributed by atoms with E-state index in [0.29, 0.717) is 17.5 Å². The second-order valence-electron chi connectivity index (χ2n) is 4.91. The topological polar surface area (TPSA) is 57.6 Å². The number of amides is 1. The molecular formula is C15H16ClNO3. The van der Waals surface area contributed by atoms with Crippen molar-refractivity contribution >= 4 is 29.6 Å². The first-order valence-electron chi connectivity index (χ1n) is 6.49. The molecule has 20 heavy (non-hydrogen) atoms. The molecule has 5 heteroatoms. The minimum Gasteiger partial charge on any atom is -0.480 e. The molecule has 2 rings (SSSR count). The Balaban J connectivity index is 2.03. The number of halogens is 1. The molecule has 0 saturated heterocycles. The number of carbonyl (C=O) groups excluding carboxylic acids is 1. The molecule has 0 atom stereocenters. The lowest BCUT2D eigenvalue weighted by atomic mass is 10.2. The lowest BCUT2D eigenvalue weighted by molar-refractivity contribution is -0.142. The highest BCUT2D eigenvalue weighted by Gasteiger charge is 2.27. The van der Waals surface area contributed by atoms with Gasteiger partial charge < -0.3 is 10.0 Å². The van der Waals surface area contributed by atoms with E-state index in [0.717, 1.165) is 18.4 Å². The Morgan fingerprint density at radius 1 is 1.35 bits per heavy atom. The molecule has 0 heterocycles. The Kier molecular flexibility index (Phi) is 4.79. The van der Waals surface area contributed by atoms with Crippen LogP contribution in [0.15, 0.2) is 30.3 Å². The maximum absolute atomic E-state index is 12.1. The minimum absolute atomic E-state index is 0.262. The average molecular weight is 294 g/mol. The number of hydrogen-bond donors (Lipinski definition) is 1. The van der Waals surface area contributed by atoms with Crippen LogP contribution in [0.25, 0.3) is 6.08 Å². The summed E-state index contributed by atoms with van der Waals surface area (Å²) in [6, 6.07) is 7.18. The molecular weight excluding hydrogens is 278 g/mol. The average Bonchev–Trinajstić information content (AvgIpc) is 3.20. The van der Waals surface area contributed by atoms with E-state index >= 15 is 0 Å². The van der Waals surface area contributed by atoms with Gasteiger partial charge >= 0.3 is 5.97 Å². The highest BCUT2D eigenvalue weighted by atomic mass is 35.5. The molecule has 0 bridgehead atoms. The molecule has 0 radical (unpaired) electrons. The number of rotatable bonds is 6. The number of aliphatic carboxylic acids is 1. The van der Waals surface area contributed by atoms with Crippen LogP contribution in [0.1, 0.15) is 18.4 Å². The number of nitrogens with zero attached hydrogens (tertiary/aromatic N) is 1. The first kappa shape index (κ1) is 14.6. The van der Waals surface area contributed by atoms with Gasteiger partial charge in [0.15, 0.2) is 0 Å². The Morgan fingerprint density at radius 3 is 2.65 bits per heavy atom. The normalized spacial score (nSPS) is 14.4. The summed E-state index contributed by atoms with van der Waals surface area (Å²) in [5.74, 6) is -0.837. The summed E-state index contributed by atoms with van der Waals surface area (Å²) >= 11 is 6.00. The van der Waals surface area contributed by atoms with Crippen LogP contribution in [-0.4, -0.2) is 35.0 Å². The summed E-state index contributed by atoms with van der Waals surface area (Å²) in [4.78, 5) is 24.2. The van der Waals surface area contributed by atoms with Crippen LogP contribution in [0.2, 0.25) is 5.02 Å². The van der Waals surface area contributed by atoms with Crippen LogP contribution in [-0.2, 0) is 9.59 Å². The van der Waals surface area contributed by atoms with Gasteiger partial charge in [-0.05, 0) is 36.5 Å². The van der Waals surface area contributed by atoms with Crippen molar-refractivity contribution in [2.45, 2.75) is 12.8 Å². The molecule has 1 amide bonds. The van der Waals surface area contributed by atoms with Crippen molar-refractivity contribution in [2.75, 3.05) is 13.1 Å². The maximum atomic E-state index is 12.1. The Bertz CT molecular complexity index is 538. The summed E-state index contributed by atoms with van der Waals surface area (Å²) in [7, 11) is 0. The van der Waals surface area contributed by atoms with Crippen LogP contribution in [0.5, 0.6) is 0 Å². The van der Waals surface area contributed by atoms with Gasteiger partial charge in [0.05, 0.1) is 0 Å². The molecule has 0 aliphatic heterocycles. The molecule has 1 N–H and O–H groups in total. The zero-order valence-corrected chi connectivity index (χ0v) is 11.7. The van der Waals surface area contributed by atoms with Crippen LogP contribution in [0, 0.1) is 5.92 Å². The van der Waals surface area contributed by atoms with Crippen molar-refractivity contribution in [1.29, 1.82) is 0 Å². The van der Waals surface area contributed by atoms with Crippen LogP contribution in [0.3, 0.4) is 0 Å². The molecule has 1 aromatic carbocycles. The smallest absolute Gasteiger partial charge is 0.323 e. The quantitative estimate of drug-likeness (QED) is 0.820. The molecule has 1 saturated carbocycles. The number of hydrogen-bond acceptors (Lipinski definition) is 2. The van der Waals surface area contributed by atoms with Crippen molar-refractivity contribution in [1.82, 2.24) is 4.90 Å². The van der Waals surface area contributed by atoms with Gasteiger partial charge in [-0.2, -0.15) is 0 Å². The number of carbonyl (C=O) groups is 2. The molecule has 0 unspecified atom stereocenters. The second-order valence-corrected chi connectivity index (χ2v) is 5.32.